The largest absolute Gasteiger partial charge is 0.497 e. The molecular weight excluding hydrogens is 534 g/mol. The summed E-state index contributed by atoms with van der Waals surface area (Å²) in [5.74, 6) is 5.84. The SMILES string of the molecule is COc1ccc(S(=O)(=O)N(C)C[C@H]2Oc3ncc(C#CC4(O)CCCC4)cc3C(=O)N([C@H](C)CO)C[C@@H]2C)cc1. The smallest absolute Gasteiger partial charge is 0.259 e. The number of hydrogen-bond donors (Lipinski definition) is 2. The lowest BCUT2D eigenvalue weighted by atomic mass is 10.00. The maximum Gasteiger partial charge on any atom is 0.259 e. The molecule has 2 aromatic rings. The number of pyridine rings is 1. The highest BCUT2D eigenvalue weighted by Crippen LogP contribution is 2.30. The van der Waals surface area contributed by atoms with Crippen LogP contribution in [0.15, 0.2) is 41.4 Å². The van der Waals surface area contributed by atoms with Crippen LogP contribution in [-0.2, 0) is 10.0 Å². The summed E-state index contributed by atoms with van der Waals surface area (Å²) in [6.45, 7) is 3.60. The first-order chi connectivity index (χ1) is 19.0. The predicted molar refractivity (Wildman–Crippen MR) is 149 cm³/mol. The van der Waals surface area contributed by atoms with Gasteiger partial charge in [-0.05, 0) is 62.9 Å². The van der Waals surface area contributed by atoms with Crippen LogP contribution in [0.2, 0.25) is 0 Å². The minimum atomic E-state index is -3.84. The monoisotopic (exact) mass is 571 g/mol. The fourth-order valence-corrected chi connectivity index (χ4v) is 6.12. The molecule has 2 N–H and O–H groups in total. The van der Waals surface area contributed by atoms with Crippen LogP contribution >= 0.6 is 0 Å². The van der Waals surface area contributed by atoms with Crippen LogP contribution in [0, 0.1) is 17.8 Å². The maximum absolute atomic E-state index is 13.6. The average molecular weight is 572 g/mol. The summed E-state index contributed by atoms with van der Waals surface area (Å²) in [7, 11) is -0.854. The quantitative estimate of drug-likeness (QED) is 0.485. The molecule has 11 heteroatoms. The van der Waals surface area contributed by atoms with Crippen molar-refractivity contribution in [1.82, 2.24) is 14.2 Å². The van der Waals surface area contributed by atoms with Crippen molar-refractivity contribution in [3.05, 3.63) is 47.7 Å². The number of fused-ring (bicyclic) bond motifs is 1. The van der Waals surface area contributed by atoms with E-state index in [1.807, 2.05) is 6.92 Å². The number of methoxy groups -OCH3 is 1. The van der Waals surface area contributed by atoms with E-state index in [2.05, 4.69) is 16.8 Å². The molecule has 1 aliphatic carbocycles. The molecule has 1 aliphatic heterocycles. The molecule has 0 saturated heterocycles. The number of ether oxygens (including phenoxy) is 2. The third-order valence-corrected chi connectivity index (χ3v) is 9.43. The Morgan fingerprint density at radius 1 is 1.27 bits per heavy atom. The van der Waals surface area contributed by atoms with Crippen LogP contribution in [0.1, 0.15) is 55.5 Å². The molecule has 216 valence electrons. The number of hydrogen-bond acceptors (Lipinski definition) is 8. The lowest BCUT2D eigenvalue weighted by Gasteiger charge is -2.37. The van der Waals surface area contributed by atoms with Crippen molar-refractivity contribution in [2.75, 3.05) is 33.9 Å². The van der Waals surface area contributed by atoms with E-state index in [1.54, 1.807) is 30.0 Å². The second kappa shape index (κ2) is 12.1. The molecule has 0 radical (unpaired) electrons. The lowest BCUT2D eigenvalue weighted by molar-refractivity contribution is 0.0373. The highest BCUT2D eigenvalue weighted by Gasteiger charge is 2.36. The number of likely N-dealkylation sites (N-methyl/N-ethyl adjacent to an activating group) is 1. The van der Waals surface area contributed by atoms with E-state index < -0.39 is 27.8 Å². The third kappa shape index (κ3) is 6.41. The Labute approximate surface area is 236 Å². The predicted octanol–water partition coefficient (Wildman–Crippen LogP) is 2.29. The first kappa shape index (κ1) is 29.8. The number of nitrogens with zero attached hydrogens (tertiary/aromatic N) is 3. The van der Waals surface area contributed by atoms with Crippen molar-refractivity contribution in [3.63, 3.8) is 0 Å². The summed E-state index contributed by atoms with van der Waals surface area (Å²) in [5, 5.41) is 20.5. The molecule has 1 aromatic heterocycles. The van der Waals surface area contributed by atoms with E-state index in [-0.39, 0.29) is 47.9 Å². The molecule has 1 amide bonds. The lowest BCUT2D eigenvalue weighted by Crippen LogP contribution is -2.50. The van der Waals surface area contributed by atoms with E-state index in [9.17, 15) is 23.4 Å². The normalized spacial score (nSPS) is 21.5. The summed E-state index contributed by atoms with van der Waals surface area (Å²) >= 11 is 0. The van der Waals surface area contributed by atoms with Crippen LogP contribution in [0.3, 0.4) is 0 Å². The van der Waals surface area contributed by atoms with Crippen molar-refractivity contribution in [2.45, 2.75) is 62.2 Å². The van der Waals surface area contributed by atoms with Crippen LogP contribution in [0.4, 0.5) is 0 Å². The second-order valence-electron chi connectivity index (χ2n) is 10.6. The van der Waals surface area contributed by atoms with Gasteiger partial charge in [0, 0.05) is 31.3 Å². The first-order valence-electron chi connectivity index (χ1n) is 13.4. The van der Waals surface area contributed by atoms with Gasteiger partial charge in [-0.25, -0.2) is 13.4 Å². The molecule has 0 bridgehead atoms. The van der Waals surface area contributed by atoms with Gasteiger partial charge in [-0.3, -0.25) is 4.79 Å². The van der Waals surface area contributed by atoms with Crippen LogP contribution in [-0.4, -0.2) is 90.3 Å². The standard InChI is InChI=1S/C29H37N3O7S/c1-20-17-32(21(2)19-33)28(34)25-15-22(11-14-29(35)12-5-6-13-29)16-30-27(25)39-26(20)18-31(3)40(36,37)24-9-7-23(38-4)8-10-24/h7-10,15-16,20-21,26,33,35H,5-6,12-13,17-19H2,1-4H3/t20-,21+,26+/m0/s1. The van der Waals surface area contributed by atoms with Gasteiger partial charge in [-0.2, -0.15) is 4.31 Å². The topological polar surface area (TPSA) is 130 Å². The van der Waals surface area contributed by atoms with E-state index >= 15 is 0 Å². The third-order valence-electron chi connectivity index (χ3n) is 7.60. The highest BCUT2D eigenvalue weighted by atomic mass is 32.2. The van der Waals surface area contributed by atoms with Gasteiger partial charge >= 0.3 is 0 Å². The fourth-order valence-electron chi connectivity index (χ4n) is 4.94. The van der Waals surface area contributed by atoms with Gasteiger partial charge in [0.05, 0.1) is 31.2 Å². The average Bonchev–Trinajstić information content (AvgIpc) is 3.39. The summed E-state index contributed by atoms with van der Waals surface area (Å²) in [6.07, 6.45) is 3.87. The van der Waals surface area contributed by atoms with Gasteiger partial charge in [0.25, 0.3) is 5.91 Å². The van der Waals surface area contributed by atoms with Crippen molar-refractivity contribution >= 4 is 15.9 Å². The molecule has 2 aliphatic rings. The molecule has 1 aromatic carbocycles. The Kier molecular flexibility index (Phi) is 9.05. The van der Waals surface area contributed by atoms with Gasteiger partial charge in [-0.15, -0.1) is 0 Å². The van der Waals surface area contributed by atoms with E-state index in [4.69, 9.17) is 9.47 Å². The van der Waals surface area contributed by atoms with Gasteiger partial charge < -0.3 is 24.6 Å². The number of sulfonamides is 1. The summed E-state index contributed by atoms with van der Waals surface area (Å²) in [5.41, 5.74) is -0.414. The summed E-state index contributed by atoms with van der Waals surface area (Å²) in [4.78, 5) is 19.7. The minimum absolute atomic E-state index is 0.000769. The number of amides is 1. The number of benzene rings is 1. The zero-order valence-corrected chi connectivity index (χ0v) is 24.1. The van der Waals surface area contributed by atoms with E-state index in [0.717, 1.165) is 12.8 Å². The van der Waals surface area contributed by atoms with Crippen LogP contribution in [0.5, 0.6) is 11.6 Å². The summed E-state index contributed by atoms with van der Waals surface area (Å²) in [6, 6.07) is 7.23. The van der Waals surface area contributed by atoms with Gasteiger partial charge in [0.2, 0.25) is 15.9 Å². The number of carbonyl (C=O) groups excluding carboxylic acids is 1. The molecule has 1 fully saturated rings. The Hall–Kier alpha value is -3.17. The second-order valence-corrected chi connectivity index (χ2v) is 12.7. The number of rotatable bonds is 7. The van der Waals surface area contributed by atoms with E-state index in [1.165, 1.54) is 36.8 Å². The number of aliphatic hydroxyl groups excluding tert-OH is 1. The molecule has 0 unspecified atom stereocenters. The van der Waals surface area contributed by atoms with Crippen molar-refractivity contribution in [1.29, 1.82) is 0 Å². The van der Waals surface area contributed by atoms with Crippen LogP contribution < -0.4 is 9.47 Å². The fraction of sp³-hybridized carbons (Fsp3) is 0.517. The van der Waals surface area contributed by atoms with Crippen molar-refractivity contribution in [3.8, 4) is 23.5 Å². The minimum Gasteiger partial charge on any atom is -0.497 e. The molecule has 4 rings (SSSR count). The Balaban J connectivity index is 1.65. The zero-order valence-electron chi connectivity index (χ0n) is 23.3. The molecule has 1 saturated carbocycles. The van der Waals surface area contributed by atoms with E-state index in [0.29, 0.717) is 24.2 Å². The molecule has 2 heterocycles. The first-order valence-corrected chi connectivity index (χ1v) is 14.9. The van der Waals surface area contributed by atoms with Crippen molar-refractivity contribution in [2.24, 2.45) is 5.92 Å². The van der Waals surface area contributed by atoms with Gasteiger partial charge in [0.15, 0.2) is 0 Å². The Morgan fingerprint density at radius 3 is 2.58 bits per heavy atom. The highest BCUT2D eigenvalue weighted by molar-refractivity contribution is 7.89. The zero-order chi connectivity index (χ0) is 29.1. The molecule has 0 spiro atoms. The van der Waals surface area contributed by atoms with Gasteiger partial charge in [0.1, 0.15) is 23.0 Å². The van der Waals surface area contributed by atoms with Crippen molar-refractivity contribution < 1.29 is 32.9 Å². The Morgan fingerprint density at radius 2 is 1.95 bits per heavy atom. The molecule has 10 nitrogen and oxygen atoms in total. The summed E-state index contributed by atoms with van der Waals surface area (Å²) < 4.78 is 39.2. The molecule has 3 atom stereocenters. The number of aromatic nitrogens is 1. The van der Waals surface area contributed by atoms with Crippen LogP contribution in [0.25, 0.3) is 0 Å². The molecular formula is C29H37N3O7S. The molecule has 40 heavy (non-hydrogen) atoms. The van der Waals surface area contributed by atoms with Gasteiger partial charge in [-0.1, -0.05) is 18.8 Å². The number of aliphatic hydroxyl groups is 2. The Bertz CT molecular complexity index is 1380. The maximum atomic E-state index is 13.6. The number of carbonyl (C=O) groups is 1.